The van der Waals surface area contributed by atoms with E-state index in [1.165, 1.54) is 36.9 Å². The van der Waals surface area contributed by atoms with Crippen LogP contribution in [0, 0.1) is 22.7 Å². The Morgan fingerprint density at radius 3 is 1.46 bits per heavy atom. The van der Waals surface area contributed by atoms with Gasteiger partial charge in [-0.05, 0) is 81.1 Å². The molecule has 70 heavy (non-hydrogen) atoms. The molecule has 2 saturated heterocycles. The molecule has 0 saturated carbocycles. The minimum atomic E-state index is -3.18. The van der Waals surface area contributed by atoms with Crippen LogP contribution in [0.15, 0.2) is 85.5 Å². The van der Waals surface area contributed by atoms with Crippen molar-refractivity contribution in [2.24, 2.45) is 0 Å². The molecule has 2 aromatic heterocycles. The monoisotopic (exact) mass is 969 g/mol. The molecule has 4 aromatic rings. The number of hydrogen-bond acceptors (Lipinski definition) is 12. The summed E-state index contributed by atoms with van der Waals surface area (Å²) < 4.78 is 73.0. The van der Waals surface area contributed by atoms with E-state index in [1.807, 2.05) is 0 Å². The minimum Gasteiger partial charge on any atom is -0.494 e. The molecule has 0 spiro atoms. The summed E-state index contributed by atoms with van der Waals surface area (Å²) in [6, 6.07) is 17.5. The zero-order valence-electron chi connectivity index (χ0n) is 38.6. The van der Waals surface area contributed by atoms with E-state index in [0.29, 0.717) is 59.7 Å². The van der Waals surface area contributed by atoms with E-state index in [4.69, 9.17) is 14.2 Å². The van der Waals surface area contributed by atoms with Gasteiger partial charge in [-0.2, -0.15) is 10.5 Å². The maximum Gasteiger partial charge on any atom is 0.410 e. The van der Waals surface area contributed by atoms with Crippen molar-refractivity contribution in [3.8, 4) is 45.9 Å². The summed E-state index contributed by atoms with van der Waals surface area (Å²) in [4.78, 5) is 76.1. The minimum absolute atomic E-state index is 0.189. The quantitative estimate of drug-likeness (QED) is 0.0833. The van der Waals surface area contributed by atoms with Crippen LogP contribution in [0.2, 0.25) is 0 Å². The number of carbonyl (C=O) groups excluding carboxylic acids is 5. The lowest BCUT2D eigenvalue weighted by atomic mass is 10.0. The third kappa shape index (κ3) is 13.9. The smallest absolute Gasteiger partial charge is 0.410 e. The van der Waals surface area contributed by atoms with E-state index in [1.54, 1.807) is 86.3 Å². The number of amides is 5. The highest BCUT2D eigenvalue weighted by Gasteiger charge is 2.48. The number of carbonyl (C=O) groups is 5. The van der Waals surface area contributed by atoms with Gasteiger partial charge in [-0.15, -0.1) is 0 Å². The van der Waals surface area contributed by atoms with Crippen molar-refractivity contribution in [3.05, 3.63) is 96.6 Å². The molecule has 2 atom stereocenters. The van der Waals surface area contributed by atoms with Gasteiger partial charge in [0.05, 0.1) is 62.7 Å². The third-order valence-corrected chi connectivity index (χ3v) is 11.1. The molecular weight excluding hydrogens is 919 g/mol. The van der Waals surface area contributed by atoms with Crippen LogP contribution in [0.1, 0.15) is 67.2 Å². The number of halogens is 4. The van der Waals surface area contributed by atoms with Crippen LogP contribution in [-0.2, 0) is 14.3 Å². The van der Waals surface area contributed by atoms with Crippen molar-refractivity contribution >= 4 is 29.7 Å². The van der Waals surface area contributed by atoms with E-state index < -0.39 is 98.3 Å². The molecule has 0 aliphatic carbocycles. The number of hydrogen-bond donors (Lipinski definition) is 2. The number of nitrogens with one attached hydrogen (secondary N) is 2. The van der Waals surface area contributed by atoms with Gasteiger partial charge in [-0.3, -0.25) is 29.1 Å². The maximum atomic E-state index is 13.8. The molecule has 21 heteroatoms. The Kier molecular flexibility index (Phi) is 16.6. The molecule has 2 aromatic carbocycles. The van der Waals surface area contributed by atoms with Gasteiger partial charge in [0.2, 0.25) is 11.8 Å². The van der Waals surface area contributed by atoms with Gasteiger partial charge in [0.25, 0.3) is 23.7 Å². The summed E-state index contributed by atoms with van der Waals surface area (Å²) in [6.45, 7) is 3.48. The Morgan fingerprint density at radius 1 is 0.686 bits per heavy atom. The van der Waals surface area contributed by atoms with Crippen molar-refractivity contribution in [2.75, 3.05) is 52.5 Å². The maximum absolute atomic E-state index is 13.8. The Morgan fingerprint density at radius 2 is 1.09 bits per heavy atom. The highest BCUT2D eigenvalue weighted by Crippen LogP contribution is 2.33. The first-order valence-corrected chi connectivity index (χ1v) is 22.3. The van der Waals surface area contributed by atoms with E-state index in [2.05, 4.69) is 20.6 Å². The molecule has 2 fully saturated rings. The Hall–Kier alpha value is -7.81. The molecule has 2 N–H and O–H groups in total. The van der Waals surface area contributed by atoms with Gasteiger partial charge in [-0.25, -0.2) is 22.4 Å². The molecule has 5 amide bonds. The highest BCUT2D eigenvalue weighted by atomic mass is 19.3. The molecule has 4 heterocycles. The fourth-order valence-corrected chi connectivity index (χ4v) is 7.71. The molecule has 17 nitrogen and oxygen atoms in total. The average Bonchev–Trinajstić information content (AvgIpc) is 3.84. The number of likely N-dealkylation sites (tertiary alicyclic amines) is 2. The van der Waals surface area contributed by atoms with Crippen molar-refractivity contribution in [1.82, 2.24) is 35.3 Å². The van der Waals surface area contributed by atoms with Gasteiger partial charge in [0.1, 0.15) is 29.2 Å². The lowest BCUT2D eigenvalue weighted by Gasteiger charge is -2.27. The third-order valence-electron chi connectivity index (χ3n) is 11.1. The average molecular weight is 970 g/mol. The number of pyridine rings is 2. The lowest BCUT2D eigenvalue weighted by molar-refractivity contribution is -0.132. The topological polar surface area (TPSA) is 220 Å². The first kappa shape index (κ1) is 51.6. The number of aromatic nitrogens is 2. The van der Waals surface area contributed by atoms with Crippen LogP contribution in [0.5, 0.6) is 11.5 Å². The van der Waals surface area contributed by atoms with E-state index in [0.717, 1.165) is 9.80 Å². The molecule has 2 aliphatic rings. The SMILES string of the molecule is CC(C)(C)OC(=O)N(CCCOc1ccc(-c2cnccc2C(=O)NCC(=O)N2CC(F)(F)C[C@H]2C#N)cc1)CCCOc1ccc(-c2cnccc2C(=O)NCC(=O)N2CC(F)(F)C[C@H]2C#N)cc1. The summed E-state index contributed by atoms with van der Waals surface area (Å²) in [5.41, 5.74) is 1.75. The fraction of sp³-hybridized carbons (Fsp3) is 0.408. The van der Waals surface area contributed by atoms with E-state index in [-0.39, 0.29) is 24.3 Å². The van der Waals surface area contributed by atoms with Gasteiger partial charge in [-0.1, -0.05) is 24.3 Å². The summed E-state index contributed by atoms with van der Waals surface area (Å²) in [5.74, 6) is -8.19. The van der Waals surface area contributed by atoms with Crippen molar-refractivity contribution < 1.29 is 55.7 Å². The molecule has 6 rings (SSSR count). The fourth-order valence-electron chi connectivity index (χ4n) is 7.71. The standard InChI is InChI=1S/C49H51F4N9O8/c1-47(2,3)70-46(67)60(18-4-20-68-36-10-6-32(7-11-36)40-26-56-16-14-38(40)44(65)58-28-42(63)61-30-48(50,51)22-34(61)24-54)19-5-21-69-37-12-8-33(9-13-37)41-27-57-17-15-39(41)45(66)59-29-43(64)62-31-49(52,53)23-35(62)25-55/h6-17,26-27,34-35H,4-5,18-23,28-31H2,1-3H3,(H,58,65)(H,59,66)/t34-,35-/m0/s1. The normalized spacial score (nSPS) is 16.9. The molecule has 368 valence electrons. The zero-order chi connectivity index (χ0) is 50.6. The predicted molar refractivity (Wildman–Crippen MR) is 243 cm³/mol. The van der Waals surface area contributed by atoms with Crippen molar-refractivity contribution in [2.45, 2.75) is 76.0 Å². The first-order chi connectivity index (χ1) is 33.3. The van der Waals surface area contributed by atoms with Crippen LogP contribution in [-0.4, -0.2) is 136 Å². The second-order valence-corrected chi connectivity index (χ2v) is 17.6. The Labute approximate surface area is 401 Å². The van der Waals surface area contributed by atoms with Gasteiger partial charge in [0.15, 0.2) is 0 Å². The van der Waals surface area contributed by atoms with Gasteiger partial charge >= 0.3 is 6.09 Å². The van der Waals surface area contributed by atoms with Crippen LogP contribution in [0.25, 0.3) is 22.3 Å². The summed E-state index contributed by atoms with van der Waals surface area (Å²) in [5, 5.41) is 23.4. The Balaban J connectivity index is 0.965. The molecule has 0 bridgehead atoms. The van der Waals surface area contributed by atoms with Crippen LogP contribution in [0.4, 0.5) is 22.4 Å². The summed E-state index contributed by atoms with van der Waals surface area (Å²) in [7, 11) is 0. The van der Waals surface area contributed by atoms with Crippen LogP contribution >= 0.6 is 0 Å². The summed E-state index contributed by atoms with van der Waals surface area (Å²) in [6.07, 6.45) is 4.64. The largest absolute Gasteiger partial charge is 0.494 e. The zero-order valence-corrected chi connectivity index (χ0v) is 38.6. The number of ether oxygens (including phenoxy) is 3. The number of nitriles is 2. The van der Waals surface area contributed by atoms with Crippen LogP contribution in [0.3, 0.4) is 0 Å². The second kappa shape index (κ2) is 22.5. The van der Waals surface area contributed by atoms with E-state index in [9.17, 15) is 52.1 Å². The Bertz CT molecular complexity index is 2450. The highest BCUT2D eigenvalue weighted by molar-refractivity contribution is 6.03. The van der Waals surface area contributed by atoms with Crippen molar-refractivity contribution in [3.63, 3.8) is 0 Å². The number of alkyl halides is 4. The second-order valence-electron chi connectivity index (χ2n) is 17.6. The van der Waals surface area contributed by atoms with Gasteiger partial charge < -0.3 is 39.5 Å². The molecular formula is C49H51F4N9O8. The van der Waals surface area contributed by atoms with E-state index >= 15 is 0 Å². The number of nitrogens with zero attached hydrogens (tertiary/aromatic N) is 7. The number of rotatable bonds is 18. The lowest BCUT2D eigenvalue weighted by Crippen LogP contribution is -2.43. The molecule has 2 aliphatic heterocycles. The first-order valence-electron chi connectivity index (χ1n) is 22.3. The van der Waals surface area contributed by atoms with Gasteiger partial charge in [0, 0.05) is 61.8 Å². The van der Waals surface area contributed by atoms with Crippen molar-refractivity contribution in [1.29, 1.82) is 10.5 Å². The summed E-state index contributed by atoms with van der Waals surface area (Å²) >= 11 is 0. The predicted octanol–water partition coefficient (Wildman–Crippen LogP) is 6.26. The number of benzene rings is 2. The van der Waals surface area contributed by atoms with Crippen LogP contribution < -0.4 is 20.1 Å². The molecule has 0 radical (unpaired) electrons. The molecule has 0 unspecified atom stereocenters.